The minimum atomic E-state index is -0.257. The average molecular weight is 352 g/mol. The maximum atomic E-state index is 12.0. The summed E-state index contributed by atoms with van der Waals surface area (Å²) in [5.41, 5.74) is 1.07. The SMILES string of the molecule is Cc1cnc(C(=O)NCCNc2cc(-n3ccnc3C)nc(C)n2)cn1. The van der Waals surface area contributed by atoms with Gasteiger partial charge in [-0.15, -0.1) is 0 Å². The van der Waals surface area contributed by atoms with Crippen molar-refractivity contribution in [2.75, 3.05) is 18.4 Å². The Hall–Kier alpha value is -3.36. The predicted octanol–water partition coefficient (Wildman–Crippen LogP) is 1.22. The number of rotatable bonds is 6. The molecule has 0 spiro atoms. The van der Waals surface area contributed by atoms with E-state index in [2.05, 4.69) is 35.6 Å². The Morgan fingerprint density at radius 2 is 1.92 bits per heavy atom. The van der Waals surface area contributed by atoms with E-state index in [4.69, 9.17) is 0 Å². The van der Waals surface area contributed by atoms with E-state index in [9.17, 15) is 4.79 Å². The number of carbonyl (C=O) groups is 1. The Bertz CT molecular complexity index is 903. The molecule has 9 heteroatoms. The molecule has 3 rings (SSSR count). The zero-order valence-corrected chi connectivity index (χ0v) is 14.9. The highest BCUT2D eigenvalue weighted by Gasteiger charge is 2.08. The van der Waals surface area contributed by atoms with Crippen LogP contribution in [0.5, 0.6) is 0 Å². The molecule has 2 N–H and O–H groups in total. The van der Waals surface area contributed by atoms with Crippen molar-refractivity contribution in [3.05, 3.63) is 53.9 Å². The number of aryl methyl sites for hydroxylation is 3. The summed E-state index contributed by atoms with van der Waals surface area (Å²) in [6.45, 7) is 6.51. The summed E-state index contributed by atoms with van der Waals surface area (Å²) in [5, 5.41) is 5.98. The van der Waals surface area contributed by atoms with Crippen molar-refractivity contribution in [3.63, 3.8) is 0 Å². The van der Waals surface area contributed by atoms with Crippen LogP contribution in [0.1, 0.15) is 27.8 Å². The number of hydrogen-bond acceptors (Lipinski definition) is 7. The summed E-state index contributed by atoms with van der Waals surface area (Å²) in [7, 11) is 0. The van der Waals surface area contributed by atoms with Gasteiger partial charge in [0.15, 0.2) is 0 Å². The first-order chi connectivity index (χ1) is 12.5. The molecule has 1 amide bonds. The van der Waals surface area contributed by atoms with Gasteiger partial charge < -0.3 is 10.6 Å². The highest BCUT2D eigenvalue weighted by atomic mass is 16.1. The molecular formula is C17H20N8O. The maximum absolute atomic E-state index is 12.0. The first kappa shape index (κ1) is 17.5. The summed E-state index contributed by atoms with van der Waals surface area (Å²) >= 11 is 0. The third-order valence-corrected chi connectivity index (χ3v) is 3.63. The molecule has 0 saturated carbocycles. The normalized spacial score (nSPS) is 10.6. The molecule has 0 bridgehead atoms. The van der Waals surface area contributed by atoms with Crippen LogP contribution in [0.3, 0.4) is 0 Å². The summed E-state index contributed by atoms with van der Waals surface area (Å²) in [5.74, 6) is 2.67. The number of imidazole rings is 1. The molecule has 9 nitrogen and oxygen atoms in total. The van der Waals surface area contributed by atoms with Gasteiger partial charge in [0.05, 0.1) is 11.9 Å². The van der Waals surface area contributed by atoms with E-state index in [-0.39, 0.29) is 5.91 Å². The molecule has 3 aromatic heterocycles. The van der Waals surface area contributed by atoms with Gasteiger partial charge >= 0.3 is 0 Å². The Morgan fingerprint density at radius 3 is 2.62 bits per heavy atom. The van der Waals surface area contributed by atoms with Crippen LogP contribution in [0.15, 0.2) is 30.9 Å². The van der Waals surface area contributed by atoms with Gasteiger partial charge in [0.25, 0.3) is 5.91 Å². The number of hydrogen-bond donors (Lipinski definition) is 2. The van der Waals surface area contributed by atoms with Crippen LogP contribution in [0, 0.1) is 20.8 Å². The summed E-state index contributed by atoms with van der Waals surface area (Å²) < 4.78 is 1.89. The number of aromatic nitrogens is 6. The van der Waals surface area contributed by atoms with Crippen LogP contribution < -0.4 is 10.6 Å². The topological polar surface area (TPSA) is 111 Å². The maximum Gasteiger partial charge on any atom is 0.271 e. The van der Waals surface area contributed by atoms with Crippen molar-refractivity contribution in [1.29, 1.82) is 0 Å². The number of anilines is 1. The van der Waals surface area contributed by atoms with Crippen molar-refractivity contribution in [2.24, 2.45) is 0 Å². The number of carbonyl (C=O) groups excluding carboxylic acids is 1. The molecule has 0 fully saturated rings. The van der Waals surface area contributed by atoms with Crippen molar-refractivity contribution in [3.8, 4) is 5.82 Å². The van der Waals surface area contributed by atoms with Crippen LogP contribution in [0.4, 0.5) is 5.82 Å². The Kier molecular flexibility index (Phi) is 5.16. The predicted molar refractivity (Wildman–Crippen MR) is 96.2 cm³/mol. The van der Waals surface area contributed by atoms with E-state index in [1.54, 1.807) is 12.4 Å². The lowest BCUT2D eigenvalue weighted by Crippen LogP contribution is -2.29. The van der Waals surface area contributed by atoms with E-state index < -0.39 is 0 Å². The van der Waals surface area contributed by atoms with Gasteiger partial charge in [0.1, 0.15) is 29.0 Å². The van der Waals surface area contributed by atoms with Gasteiger partial charge in [-0.05, 0) is 20.8 Å². The Morgan fingerprint density at radius 1 is 1.08 bits per heavy atom. The first-order valence-electron chi connectivity index (χ1n) is 8.19. The highest BCUT2D eigenvalue weighted by molar-refractivity contribution is 5.91. The molecule has 0 unspecified atom stereocenters. The fraction of sp³-hybridized carbons (Fsp3) is 0.294. The average Bonchev–Trinajstić information content (AvgIpc) is 3.05. The summed E-state index contributed by atoms with van der Waals surface area (Å²) in [4.78, 5) is 33.1. The Balaban J connectivity index is 1.56. The van der Waals surface area contributed by atoms with E-state index in [0.717, 1.165) is 17.3 Å². The molecule has 0 aliphatic rings. The highest BCUT2D eigenvalue weighted by Crippen LogP contribution is 2.12. The molecule has 0 atom stereocenters. The minimum Gasteiger partial charge on any atom is -0.368 e. The van der Waals surface area contributed by atoms with Crippen molar-refractivity contribution >= 4 is 11.7 Å². The Labute approximate surface area is 151 Å². The smallest absolute Gasteiger partial charge is 0.271 e. The van der Waals surface area contributed by atoms with Crippen LogP contribution in [0.2, 0.25) is 0 Å². The summed E-state index contributed by atoms with van der Waals surface area (Å²) in [6.07, 6.45) is 6.61. The number of nitrogens with zero attached hydrogens (tertiary/aromatic N) is 6. The van der Waals surface area contributed by atoms with Crippen molar-refractivity contribution in [1.82, 2.24) is 34.8 Å². The second-order valence-electron chi connectivity index (χ2n) is 5.73. The second-order valence-corrected chi connectivity index (χ2v) is 5.73. The van der Waals surface area contributed by atoms with Crippen LogP contribution in [-0.4, -0.2) is 48.5 Å². The third kappa shape index (κ3) is 4.18. The number of amides is 1. The van der Waals surface area contributed by atoms with E-state index >= 15 is 0 Å². The monoisotopic (exact) mass is 352 g/mol. The molecular weight excluding hydrogens is 332 g/mol. The third-order valence-electron chi connectivity index (χ3n) is 3.63. The molecule has 0 radical (unpaired) electrons. The number of nitrogens with one attached hydrogen (secondary N) is 2. The first-order valence-corrected chi connectivity index (χ1v) is 8.19. The van der Waals surface area contributed by atoms with Gasteiger partial charge in [-0.2, -0.15) is 0 Å². The van der Waals surface area contributed by atoms with Crippen LogP contribution in [0.25, 0.3) is 5.82 Å². The molecule has 134 valence electrons. The fourth-order valence-corrected chi connectivity index (χ4v) is 2.35. The van der Waals surface area contributed by atoms with Crippen LogP contribution in [-0.2, 0) is 0 Å². The van der Waals surface area contributed by atoms with Gasteiger partial charge in [-0.25, -0.2) is 19.9 Å². The second kappa shape index (κ2) is 7.68. The summed E-state index contributed by atoms with van der Waals surface area (Å²) in [6, 6.07) is 1.84. The molecule has 0 aliphatic heterocycles. The van der Waals surface area contributed by atoms with E-state index in [1.165, 1.54) is 6.20 Å². The van der Waals surface area contributed by atoms with Crippen molar-refractivity contribution < 1.29 is 4.79 Å². The van der Waals surface area contributed by atoms with Gasteiger partial charge in [-0.1, -0.05) is 0 Å². The van der Waals surface area contributed by atoms with Gasteiger partial charge in [0, 0.05) is 37.7 Å². The lowest BCUT2D eigenvalue weighted by Gasteiger charge is -2.10. The van der Waals surface area contributed by atoms with Crippen molar-refractivity contribution in [2.45, 2.75) is 20.8 Å². The molecule has 3 aromatic rings. The molecule has 0 saturated heterocycles. The van der Waals surface area contributed by atoms with Gasteiger partial charge in [-0.3, -0.25) is 14.3 Å². The fourth-order valence-electron chi connectivity index (χ4n) is 2.35. The molecule has 26 heavy (non-hydrogen) atoms. The molecule has 0 aromatic carbocycles. The quantitative estimate of drug-likeness (QED) is 0.642. The van der Waals surface area contributed by atoms with Gasteiger partial charge in [0.2, 0.25) is 0 Å². The zero-order valence-electron chi connectivity index (χ0n) is 14.9. The largest absolute Gasteiger partial charge is 0.368 e. The van der Waals surface area contributed by atoms with Crippen LogP contribution >= 0.6 is 0 Å². The lowest BCUT2D eigenvalue weighted by molar-refractivity contribution is 0.0949. The standard InChI is InChI=1S/C17H20N8O/c1-11-9-22-14(10-21-11)17(26)20-5-4-19-15-8-16(24-12(2)23-15)25-7-6-18-13(25)3/h6-10H,4-5H2,1-3H3,(H,20,26)(H,19,23,24). The zero-order chi connectivity index (χ0) is 18.5. The minimum absolute atomic E-state index is 0.257. The van der Waals surface area contributed by atoms with E-state index in [1.807, 2.05) is 37.6 Å². The lowest BCUT2D eigenvalue weighted by atomic mass is 10.4. The molecule has 3 heterocycles. The molecule has 0 aliphatic carbocycles. The van der Waals surface area contributed by atoms with E-state index in [0.29, 0.717) is 30.4 Å².